The normalized spacial score (nSPS) is 13.1. The van der Waals surface area contributed by atoms with Crippen molar-refractivity contribution in [3.05, 3.63) is 59.7 Å². The van der Waals surface area contributed by atoms with E-state index in [2.05, 4.69) is 69.3 Å². The van der Waals surface area contributed by atoms with Gasteiger partial charge in [-0.3, -0.25) is 0 Å². The molecule has 0 nitrogen and oxygen atoms in total. The maximum atomic E-state index is 2.25. The van der Waals surface area contributed by atoms with E-state index in [9.17, 15) is 0 Å². The summed E-state index contributed by atoms with van der Waals surface area (Å²) in [5, 5.41) is 0. The highest BCUT2D eigenvalue weighted by Crippen LogP contribution is 2.22. The minimum absolute atomic E-state index is 0.507. The molecule has 0 amide bonds. The highest BCUT2D eigenvalue weighted by molar-refractivity contribution is 5.28. The van der Waals surface area contributed by atoms with E-state index in [0.717, 1.165) is 6.42 Å². The fourth-order valence-corrected chi connectivity index (χ4v) is 1.50. The fraction of sp³-hybridized carbons (Fsp3) is 0.412. The second-order valence-electron chi connectivity index (χ2n) is 3.88. The topological polar surface area (TPSA) is 0 Å². The highest BCUT2D eigenvalue weighted by Gasteiger charge is 2.04. The molecule has 0 heterocycles. The molecule has 0 aromatic heterocycles. The summed E-state index contributed by atoms with van der Waals surface area (Å²) in [5.41, 5.74) is 2.79. The molecule has 17 heavy (non-hydrogen) atoms. The van der Waals surface area contributed by atoms with Gasteiger partial charge in [0.1, 0.15) is 0 Å². The Balaban J connectivity index is 0.00000121. The molecule has 0 unspecified atom stereocenters. The smallest absolute Gasteiger partial charge is 0.00201 e. The van der Waals surface area contributed by atoms with E-state index in [-0.39, 0.29) is 0 Å². The summed E-state index contributed by atoms with van der Waals surface area (Å²) in [6, 6.07) is 10.6. The Kier molecular flexibility index (Phi) is 9.14. The molecule has 0 heteroatoms. The lowest BCUT2D eigenvalue weighted by Crippen LogP contribution is -1.94. The summed E-state index contributed by atoms with van der Waals surface area (Å²) in [6.45, 7) is 10.6. The number of hydrogen-bond acceptors (Lipinski definition) is 0. The average molecular weight is 230 g/mol. The van der Waals surface area contributed by atoms with Gasteiger partial charge < -0.3 is 0 Å². The van der Waals surface area contributed by atoms with Gasteiger partial charge in [-0.1, -0.05) is 81.8 Å². The summed E-state index contributed by atoms with van der Waals surface area (Å²) < 4.78 is 0. The zero-order valence-corrected chi connectivity index (χ0v) is 11.9. The summed E-state index contributed by atoms with van der Waals surface area (Å²) in [6.07, 6.45) is 7.64. The van der Waals surface area contributed by atoms with Crippen molar-refractivity contribution < 1.29 is 0 Å². The molecule has 1 atom stereocenters. The van der Waals surface area contributed by atoms with E-state index < -0.39 is 0 Å². The van der Waals surface area contributed by atoms with Crippen molar-refractivity contribution in [2.24, 2.45) is 0 Å². The van der Waals surface area contributed by atoms with E-state index in [1.54, 1.807) is 0 Å². The molecule has 0 saturated carbocycles. The Morgan fingerprint density at radius 1 is 1.18 bits per heavy atom. The number of hydrogen-bond donors (Lipinski definition) is 0. The molecule has 0 saturated heterocycles. The molecule has 0 aliphatic carbocycles. The third-order valence-electron chi connectivity index (χ3n) is 2.71. The van der Waals surface area contributed by atoms with Gasteiger partial charge in [0.05, 0.1) is 0 Å². The van der Waals surface area contributed by atoms with Gasteiger partial charge in [-0.25, -0.2) is 0 Å². The van der Waals surface area contributed by atoms with Gasteiger partial charge in [-0.15, -0.1) is 0 Å². The molecule has 0 fully saturated rings. The fourth-order valence-electron chi connectivity index (χ4n) is 1.50. The van der Waals surface area contributed by atoms with Crippen molar-refractivity contribution in [1.29, 1.82) is 0 Å². The second-order valence-corrected chi connectivity index (χ2v) is 3.88. The van der Waals surface area contributed by atoms with Crippen LogP contribution in [0.25, 0.3) is 0 Å². The first-order valence-electron chi connectivity index (χ1n) is 6.64. The minimum atomic E-state index is 0.507. The first-order chi connectivity index (χ1) is 8.25. The number of allylic oxidation sites excluding steroid dienone is 4. The third kappa shape index (κ3) is 6.11. The predicted molar refractivity (Wildman–Crippen MR) is 79.4 cm³/mol. The standard InChI is InChI=1S/C15H20.C2H6/c1-4-5-7-10-13(2)14(3)15-11-8-6-9-12-15;1-2/h5-12,14H,4H2,1-3H3;1-2H3/b7-5-,13-10+;/t14-;/m1./s1. The lowest BCUT2D eigenvalue weighted by atomic mass is 9.94. The maximum Gasteiger partial charge on any atom is 0.00201 e. The van der Waals surface area contributed by atoms with E-state index in [4.69, 9.17) is 0 Å². The van der Waals surface area contributed by atoms with Crippen LogP contribution in [0.15, 0.2) is 54.1 Å². The van der Waals surface area contributed by atoms with Gasteiger partial charge >= 0.3 is 0 Å². The van der Waals surface area contributed by atoms with Crippen LogP contribution in [0.4, 0.5) is 0 Å². The maximum absolute atomic E-state index is 2.25. The van der Waals surface area contributed by atoms with Gasteiger partial charge in [0, 0.05) is 5.92 Å². The van der Waals surface area contributed by atoms with Crippen LogP contribution in [0.3, 0.4) is 0 Å². The van der Waals surface area contributed by atoms with Crippen LogP contribution in [0.2, 0.25) is 0 Å². The Hall–Kier alpha value is -1.30. The Labute approximate surface area is 107 Å². The van der Waals surface area contributed by atoms with E-state index in [1.807, 2.05) is 13.8 Å². The van der Waals surface area contributed by atoms with Gasteiger partial charge in [-0.05, 0) is 18.9 Å². The van der Waals surface area contributed by atoms with E-state index >= 15 is 0 Å². The molecule has 1 rings (SSSR count). The van der Waals surface area contributed by atoms with Gasteiger partial charge in [0.25, 0.3) is 0 Å². The zero-order valence-electron chi connectivity index (χ0n) is 11.9. The van der Waals surface area contributed by atoms with Crippen LogP contribution >= 0.6 is 0 Å². The summed E-state index contributed by atoms with van der Waals surface area (Å²) in [7, 11) is 0. The molecule has 1 aromatic rings. The van der Waals surface area contributed by atoms with Gasteiger partial charge in [-0.2, -0.15) is 0 Å². The average Bonchev–Trinajstić information content (AvgIpc) is 2.41. The molecule has 0 radical (unpaired) electrons. The Morgan fingerprint density at radius 2 is 1.76 bits per heavy atom. The van der Waals surface area contributed by atoms with E-state index in [0.29, 0.717) is 5.92 Å². The Morgan fingerprint density at radius 3 is 2.29 bits per heavy atom. The zero-order chi connectivity index (χ0) is 13.1. The van der Waals surface area contributed by atoms with Crippen molar-refractivity contribution in [2.75, 3.05) is 0 Å². The van der Waals surface area contributed by atoms with Gasteiger partial charge in [0.2, 0.25) is 0 Å². The van der Waals surface area contributed by atoms with Crippen molar-refractivity contribution >= 4 is 0 Å². The first kappa shape index (κ1) is 15.7. The van der Waals surface area contributed by atoms with Crippen molar-refractivity contribution in [2.45, 2.75) is 47.0 Å². The van der Waals surface area contributed by atoms with Crippen LogP contribution in [0.5, 0.6) is 0 Å². The molecule has 0 bridgehead atoms. The van der Waals surface area contributed by atoms with Crippen LogP contribution in [-0.4, -0.2) is 0 Å². The number of rotatable bonds is 4. The minimum Gasteiger partial charge on any atom is -0.0848 e. The van der Waals surface area contributed by atoms with Crippen LogP contribution < -0.4 is 0 Å². The van der Waals surface area contributed by atoms with Crippen molar-refractivity contribution in [3.8, 4) is 0 Å². The first-order valence-corrected chi connectivity index (χ1v) is 6.64. The highest BCUT2D eigenvalue weighted by atomic mass is 14.1. The largest absolute Gasteiger partial charge is 0.0848 e. The third-order valence-corrected chi connectivity index (χ3v) is 2.71. The lowest BCUT2D eigenvalue weighted by molar-refractivity contribution is 0.894. The van der Waals surface area contributed by atoms with Crippen LogP contribution in [-0.2, 0) is 0 Å². The predicted octanol–water partition coefficient (Wildman–Crippen LogP) is 5.73. The molecule has 0 spiro atoms. The number of benzene rings is 1. The van der Waals surface area contributed by atoms with E-state index in [1.165, 1.54) is 11.1 Å². The molecular formula is C17H26. The monoisotopic (exact) mass is 230 g/mol. The molecule has 94 valence electrons. The van der Waals surface area contributed by atoms with Gasteiger partial charge in [0.15, 0.2) is 0 Å². The molecule has 1 aromatic carbocycles. The molecule has 0 N–H and O–H groups in total. The molecule has 0 aliphatic heterocycles. The lowest BCUT2D eigenvalue weighted by Gasteiger charge is -2.11. The SMILES string of the molecule is CC.CC/C=C\C=C(/C)[C@@H](C)c1ccccc1. The van der Waals surface area contributed by atoms with Crippen molar-refractivity contribution in [1.82, 2.24) is 0 Å². The molecular weight excluding hydrogens is 204 g/mol. The molecule has 0 aliphatic rings. The second kappa shape index (κ2) is 9.89. The summed E-state index contributed by atoms with van der Waals surface area (Å²) in [4.78, 5) is 0. The Bertz CT molecular complexity index is 330. The van der Waals surface area contributed by atoms with Crippen molar-refractivity contribution in [3.63, 3.8) is 0 Å². The van der Waals surface area contributed by atoms with Crippen LogP contribution in [0.1, 0.15) is 52.5 Å². The summed E-state index contributed by atoms with van der Waals surface area (Å²) >= 11 is 0. The quantitative estimate of drug-likeness (QED) is 0.579. The van der Waals surface area contributed by atoms with Crippen LogP contribution in [0, 0.1) is 0 Å². The summed E-state index contributed by atoms with van der Waals surface area (Å²) in [5.74, 6) is 0.507.